The molecular formula is C21H18NO3P. The highest BCUT2D eigenvalue weighted by Crippen LogP contribution is 2.64. The van der Waals surface area contributed by atoms with Crippen molar-refractivity contribution < 1.29 is 14.5 Å². The van der Waals surface area contributed by atoms with Crippen LogP contribution in [0.2, 0.25) is 0 Å². The maximum Gasteiger partial charge on any atom is 0.323 e. The first kappa shape index (κ1) is 16.8. The summed E-state index contributed by atoms with van der Waals surface area (Å²) in [6.07, 6.45) is 0. The van der Waals surface area contributed by atoms with Crippen molar-refractivity contribution >= 4 is 23.9 Å². The van der Waals surface area contributed by atoms with Gasteiger partial charge in [-0.25, -0.2) is 4.67 Å². The van der Waals surface area contributed by atoms with Gasteiger partial charge in [0.15, 0.2) is 0 Å². The van der Waals surface area contributed by atoms with Gasteiger partial charge in [-0.05, 0) is 29.8 Å². The van der Waals surface area contributed by atoms with Gasteiger partial charge in [-0.2, -0.15) is 0 Å². The fourth-order valence-corrected chi connectivity index (χ4v) is 6.59. The fraction of sp³-hybridized carbons (Fsp3) is 0.0952. The lowest BCUT2D eigenvalue weighted by atomic mass is 10.1. The Morgan fingerprint density at radius 3 is 1.62 bits per heavy atom. The monoisotopic (exact) mass is 363 g/mol. The van der Waals surface area contributed by atoms with Gasteiger partial charge >= 0.3 is 5.97 Å². The average Bonchev–Trinajstić information content (AvgIpc) is 3.46. The number of carboxylic acid groups (broad SMARTS) is 1. The summed E-state index contributed by atoms with van der Waals surface area (Å²) >= 11 is 0. The number of hydrogen-bond acceptors (Lipinski definition) is 2. The third-order valence-corrected chi connectivity index (χ3v) is 7.86. The van der Waals surface area contributed by atoms with Crippen molar-refractivity contribution in [1.82, 2.24) is 4.67 Å². The average molecular weight is 363 g/mol. The molecule has 1 heterocycles. The summed E-state index contributed by atoms with van der Waals surface area (Å²) in [5, 5.41) is 11.0. The van der Waals surface area contributed by atoms with E-state index < -0.39 is 25.3 Å². The maximum atomic E-state index is 14.3. The predicted octanol–water partition coefficient (Wildman–Crippen LogP) is 3.43. The van der Waals surface area contributed by atoms with Crippen LogP contribution in [0.4, 0.5) is 0 Å². The molecule has 0 spiro atoms. The standard InChI is InChI=1S/C21H18NO3P/c23-21(24)20-19(16-10-4-1-5-11-16)22(20)26(25,17-12-6-2-7-13-17)18-14-8-3-9-15-18/h1-15,19-20H,(H,23,24). The first-order chi connectivity index (χ1) is 12.6. The number of carboxylic acids is 1. The Morgan fingerprint density at radius 1 is 0.769 bits per heavy atom. The number of hydrogen-bond donors (Lipinski definition) is 1. The SMILES string of the molecule is O=C(O)C1C(c2ccccc2)N1P(=O)(c1ccccc1)c1ccccc1. The fourth-order valence-electron chi connectivity index (χ4n) is 3.48. The molecule has 0 amide bonds. The lowest BCUT2D eigenvalue weighted by molar-refractivity contribution is -0.137. The molecule has 130 valence electrons. The lowest BCUT2D eigenvalue weighted by Crippen LogP contribution is -2.24. The minimum absolute atomic E-state index is 0.403. The summed E-state index contributed by atoms with van der Waals surface area (Å²) in [5.41, 5.74) is 0.868. The number of aliphatic carboxylic acids is 1. The molecule has 1 aliphatic rings. The van der Waals surface area contributed by atoms with Crippen LogP contribution < -0.4 is 10.6 Å². The molecule has 1 N–H and O–H groups in total. The summed E-state index contributed by atoms with van der Waals surface area (Å²) in [6.45, 7) is 0. The summed E-state index contributed by atoms with van der Waals surface area (Å²) in [6, 6.07) is 26.5. The largest absolute Gasteiger partial charge is 0.480 e. The minimum atomic E-state index is -3.26. The Bertz CT molecular complexity index is 917. The van der Waals surface area contributed by atoms with Crippen LogP contribution in [0.15, 0.2) is 91.0 Å². The van der Waals surface area contributed by atoms with Crippen molar-refractivity contribution in [3.05, 3.63) is 96.6 Å². The predicted molar refractivity (Wildman–Crippen MR) is 102 cm³/mol. The van der Waals surface area contributed by atoms with Gasteiger partial charge in [0.05, 0.1) is 6.04 Å². The van der Waals surface area contributed by atoms with E-state index in [4.69, 9.17) is 0 Å². The Labute approximate surface area is 152 Å². The molecule has 3 atom stereocenters. The van der Waals surface area contributed by atoms with E-state index in [1.807, 2.05) is 91.0 Å². The molecule has 1 fully saturated rings. The second-order valence-corrected chi connectivity index (χ2v) is 8.91. The van der Waals surface area contributed by atoms with E-state index in [0.717, 1.165) is 5.56 Å². The van der Waals surface area contributed by atoms with Crippen LogP contribution in [0, 0.1) is 0 Å². The molecule has 0 bridgehead atoms. The van der Waals surface area contributed by atoms with Crippen LogP contribution in [0.25, 0.3) is 0 Å². The highest BCUT2D eigenvalue weighted by atomic mass is 31.2. The first-order valence-electron chi connectivity index (χ1n) is 8.42. The van der Waals surface area contributed by atoms with Crippen molar-refractivity contribution in [1.29, 1.82) is 0 Å². The van der Waals surface area contributed by atoms with E-state index in [1.54, 1.807) is 4.67 Å². The van der Waals surface area contributed by atoms with E-state index >= 15 is 0 Å². The molecule has 26 heavy (non-hydrogen) atoms. The van der Waals surface area contributed by atoms with Crippen molar-refractivity contribution in [3.8, 4) is 0 Å². The van der Waals surface area contributed by atoms with Crippen molar-refractivity contribution in [2.24, 2.45) is 0 Å². The van der Waals surface area contributed by atoms with Crippen LogP contribution in [-0.2, 0) is 9.36 Å². The molecule has 0 aliphatic carbocycles. The third-order valence-electron chi connectivity index (χ3n) is 4.71. The highest BCUT2D eigenvalue weighted by molar-refractivity contribution is 7.76. The molecule has 0 aromatic heterocycles. The van der Waals surface area contributed by atoms with E-state index in [2.05, 4.69) is 0 Å². The molecular weight excluding hydrogens is 345 g/mol. The smallest absolute Gasteiger partial charge is 0.323 e. The van der Waals surface area contributed by atoms with Crippen LogP contribution in [0.3, 0.4) is 0 Å². The van der Waals surface area contributed by atoms with E-state index in [1.165, 1.54) is 0 Å². The number of carbonyl (C=O) groups is 1. The highest BCUT2D eigenvalue weighted by Gasteiger charge is 2.62. The molecule has 3 aromatic rings. The number of rotatable bonds is 5. The third kappa shape index (κ3) is 2.68. The van der Waals surface area contributed by atoms with Crippen LogP contribution in [-0.4, -0.2) is 21.8 Å². The van der Waals surface area contributed by atoms with Crippen molar-refractivity contribution in [3.63, 3.8) is 0 Å². The topological polar surface area (TPSA) is 57.4 Å². The molecule has 1 saturated heterocycles. The molecule has 3 unspecified atom stereocenters. The summed E-state index contributed by atoms with van der Waals surface area (Å²) < 4.78 is 16.0. The van der Waals surface area contributed by atoms with Gasteiger partial charge in [0.25, 0.3) is 0 Å². The maximum absolute atomic E-state index is 14.3. The number of nitrogens with zero attached hydrogens (tertiary/aromatic N) is 1. The molecule has 3 aromatic carbocycles. The van der Waals surface area contributed by atoms with Gasteiger partial charge in [-0.3, -0.25) is 9.36 Å². The van der Waals surface area contributed by atoms with Gasteiger partial charge in [-0.15, -0.1) is 0 Å². The lowest BCUT2D eigenvalue weighted by Gasteiger charge is -2.21. The Hall–Kier alpha value is -2.68. The quantitative estimate of drug-likeness (QED) is 0.557. The van der Waals surface area contributed by atoms with Gasteiger partial charge < -0.3 is 5.11 Å². The van der Waals surface area contributed by atoms with E-state index in [0.29, 0.717) is 10.6 Å². The molecule has 5 heteroatoms. The summed E-state index contributed by atoms with van der Waals surface area (Å²) in [4.78, 5) is 11.9. The van der Waals surface area contributed by atoms with Gasteiger partial charge in [-0.1, -0.05) is 66.7 Å². The molecule has 4 rings (SSSR count). The Kier molecular flexibility index (Phi) is 4.23. The molecule has 0 radical (unpaired) electrons. The Balaban J connectivity index is 1.87. The Morgan fingerprint density at radius 2 is 1.19 bits per heavy atom. The minimum Gasteiger partial charge on any atom is -0.480 e. The van der Waals surface area contributed by atoms with Crippen molar-refractivity contribution in [2.75, 3.05) is 0 Å². The molecule has 1 aliphatic heterocycles. The van der Waals surface area contributed by atoms with Gasteiger partial charge in [0.1, 0.15) is 6.04 Å². The summed E-state index contributed by atoms with van der Waals surface area (Å²) in [7, 11) is -3.26. The second kappa shape index (κ2) is 6.56. The first-order valence-corrected chi connectivity index (χ1v) is 10.1. The zero-order valence-electron chi connectivity index (χ0n) is 14.0. The zero-order valence-corrected chi connectivity index (χ0v) is 14.9. The molecule has 4 nitrogen and oxygen atoms in total. The zero-order chi connectivity index (χ0) is 18.1. The second-order valence-electron chi connectivity index (χ2n) is 6.27. The normalized spacial score (nSPS) is 21.9. The summed E-state index contributed by atoms with van der Waals surface area (Å²) in [5.74, 6) is -0.953. The van der Waals surface area contributed by atoms with Crippen LogP contribution >= 0.6 is 7.29 Å². The van der Waals surface area contributed by atoms with E-state index in [-0.39, 0.29) is 0 Å². The van der Waals surface area contributed by atoms with Crippen LogP contribution in [0.5, 0.6) is 0 Å². The molecule has 0 saturated carbocycles. The van der Waals surface area contributed by atoms with Crippen LogP contribution in [0.1, 0.15) is 11.6 Å². The van der Waals surface area contributed by atoms with Gasteiger partial charge in [0.2, 0.25) is 7.29 Å². The van der Waals surface area contributed by atoms with Crippen molar-refractivity contribution in [2.45, 2.75) is 12.1 Å². The number of benzene rings is 3. The van der Waals surface area contributed by atoms with Gasteiger partial charge in [0, 0.05) is 10.6 Å². The van der Waals surface area contributed by atoms with E-state index in [9.17, 15) is 14.5 Å².